The number of nitrogens with zero attached hydrogens (tertiary/aromatic N) is 1. The minimum atomic E-state index is -4.46. The van der Waals surface area contributed by atoms with Crippen LogP contribution in [-0.4, -0.2) is 50.1 Å². The minimum absolute atomic E-state index is 0.0277. The summed E-state index contributed by atoms with van der Waals surface area (Å²) in [5.41, 5.74) is 3.02. The lowest BCUT2D eigenvalue weighted by molar-refractivity contribution is -0.136. The van der Waals surface area contributed by atoms with Gasteiger partial charge in [0.25, 0.3) is 0 Å². The number of fused-ring (bicyclic) bond motifs is 1. The molecule has 33 heavy (non-hydrogen) atoms. The van der Waals surface area contributed by atoms with Crippen molar-refractivity contribution in [1.82, 2.24) is 15.3 Å². The molecule has 2 aliphatic rings. The number of halogens is 3. The van der Waals surface area contributed by atoms with Crippen LogP contribution in [0.15, 0.2) is 30.6 Å². The second-order valence-electron chi connectivity index (χ2n) is 8.47. The van der Waals surface area contributed by atoms with Crippen molar-refractivity contribution >= 4 is 11.0 Å². The quantitative estimate of drug-likeness (QED) is 0.584. The molecule has 4 heterocycles. The second kappa shape index (κ2) is 8.96. The van der Waals surface area contributed by atoms with Gasteiger partial charge in [0.1, 0.15) is 11.4 Å². The largest absolute Gasteiger partial charge is 0.496 e. The van der Waals surface area contributed by atoms with Crippen LogP contribution in [0.2, 0.25) is 0 Å². The van der Waals surface area contributed by atoms with Crippen molar-refractivity contribution in [3.05, 3.63) is 47.3 Å². The number of benzene rings is 1. The van der Waals surface area contributed by atoms with Crippen molar-refractivity contribution in [2.75, 3.05) is 40.1 Å². The molecule has 0 unspecified atom stereocenters. The Morgan fingerprint density at radius 3 is 2.58 bits per heavy atom. The fraction of sp³-hybridized carbons (Fsp3) is 0.458. The van der Waals surface area contributed by atoms with E-state index in [2.05, 4.69) is 15.3 Å². The third-order valence-corrected chi connectivity index (χ3v) is 6.49. The molecule has 1 aromatic carbocycles. The van der Waals surface area contributed by atoms with Crippen molar-refractivity contribution in [3.63, 3.8) is 0 Å². The number of hydrogen-bond donors (Lipinski definition) is 2. The van der Waals surface area contributed by atoms with Crippen LogP contribution in [0.1, 0.15) is 41.5 Å². The number of hydrogen-bond acceptors (Lipinski definition) is 5. The molecule has 2 fully saturated rings. The Bertz CT molecular complexity index is 1130. The number of aromatic nitrogens is 2. The first-order valence-electron chi connectivity index (χ1n) is 11.1. The lowest BCUT2D eigenvalue weighted by atomic mass is 9.83. The summed E-state index contributed by atoms with van der Waals surface area (Å²) in [4.78, 5) is 6.87. The van der Waals surface area contributed by atoms with Gasteiger partial charge >= 0.3 is 6.18 Å². The van der Waals surface area contributed by atoms with E-state index < -0.39 is 11.7 Å². The number of morpholine rings is 1. The molecule has 1 atom stereocenters. The van der Waals surface area contributed by atoms with Crippen LogP contribution < -0.4 is 10.1 Å². The van der Waals surface area contributed by atoms with Crippen LogP contribution in [0, 0.1) is 0 Å². The normalized spacial score (nSPS) is 20.3. The molecule has 0 spiro atoms. The van der Waals surface area contributed by atoms with E-state index in [0.717, 1.165) is 48.0 Å². The number of pyridine rings is 1. The smallest absolute Gasteiger partial charge is 0.418 e. The average molecular weight is 461 g/mol. The van der Waals surface area contributed by atoms with Crippen molar-refractivity contribution in [3.8, 4) is 16.9 Å². The summed E-state index contributed by atoms with van der Waals surface area (Å²) < 4.78 is 57.5. The summed E-state index contributed by atoms with van der Waals surface area (Å²) in [6.45, 7) is 3.29. The number of ether oxygens (including phenoxy) is 3. The van der Waals surface area contributed by atoms with Gasteiger partial charge in [0.2, 0.25) is 0 Å². The molecule has 3 aromatic rings. The third kappa shape index (κ3) is 4.32. The molecule has 0 aliphatic carbocycles. The first kappa shape index (κ1) is 22.2. The van der Waals surface area contributed by atoms with Crippen molar-refractivity contribution in [2.45, 2.75) is 31.0 Å². The monoisotopic (exact) mass is 461 g/mol. The van der Waals surface area contributed by atoms with Gasteiger partial charge in [-0.25, -0.2) is 4.98 Å². The van der Waals surface area contributed by atoms with Crippen LogP contribution in [0.25, 0.3) is 22.2 Å². The first-order chi connectivity index (χ1) is 16.0. The van der Waals surface area contributed by atoms with E-state index in [4.69, 9.17) is 14.2 Å². The number of nitrogens with one attached hydrogen (secondary N) is 2. The van der Waals surface area contributed by atoms with E-state index in [9.17, 15) is 13.2 Å². The van der Waals surface area contributed by atoms with Gasteiger partial charge in [-0.1, -0.05) is 0 Å². The number of methoxy groups -OCH3 is 1. The van der Waals surface area contributed by atoms with Gasteiger partial charge < -0.3 is 24.5 Å². The average Bonchev–Trinajstić information content (AvgIpc) is 3.28. The molecule has 0 amide bonds. The highest BCUT2D eigenvalue weighted by atomic mass is 19.4. The fourth-order valence-corrected chi connectivity index (χ4v) is 4.86. The summed E-state index contributed by atoms with van der Waals surface area (Å²) in [6.07, 6.45) is -0.122. The van der Waals surface area contributed by atoms with Gasteiger partial charge in [0.15, 0.2) is 0 Å². The Morgan fingerprint density at radius 2 is 1.88 bits per heavy atom. The molecule has 0 radical (unpaired) electrons. The van der Waals surface area contributed by atoms with Gasteiger partial charge in [-0.3, -0.25) is 0 Å². The molecular formula is C24H26F3N3O3. The maximum Gasteiger partial charge on any atom is 0.418 e. The molecule has 2 aliphatic heterocycles. The third-order valence-electron chi connectivity index (χ3n) is 6.49. The topological polar surface area (TPSA) is 68.4 Å². The van der Waals surface area contributed by atoms with Crippen molar-refractivity contribution in [2.24, 2.45) is 0 Å². The standard InChI is InChI=1S/C24H26F3N3O3/c1-31-21-10-15(16-9-17-19(24(25,26)27)12-30-23(17)29-11-16)8-18(20-13-33-7-4-28-20)22(21)14-2-5-32-6-3-14/h8-12,14,20,28H,2-7,13H2,1H3,(H,29,30)/t20-/m1/s1. The summed E-state index contributed by atoms with van der Waals surface area (Å²) in [5.74, 6) is 1.01. The minimum Gasteiger partial charge on any atom is -0.496 e. The predicted octanol–water partition coefficient (Wildman–Crippen LogP) is 4.81. The Kier molecular flexibility index (Phi) is 6.03. The molecule has 2 N–H and O–H groups in total. The number of rotatable bonds is 4. The van der Waals surface area contributed by atoms with Gasteiger partial charge in [0, 0.05) is 48.7 Å². The van der Waals surface area contributed by atoms with Crippen LogP contribution in [0.3, 0.4) is 0 Å². The Labute approximate surface area is 189 Å². The molecular weight excluding hydrogens is 435 g/mol. The molecule has 2 aromatic heterocycles. The highest BCUT2D eigenvalue weighted by molar-refractivity contribution is 5.85. The van der Waals surface area contributed by atoms with E-state index in [1.54, 1.807) is 19.4 Å². The molecule has 2 saturated heterocycles. The van der Waals surface area contributed by atoms with Crippen LogP contribution in [-0.2, 0) is 15.7 Å². The number of alkyl halides is 3. The van der Waals surface area contributed by atoms with E-state index in [0.29, 0.717) is 32.0 Å². The van der Waals surface area contributed by atoms with Crippen molar-refractivity contribution in [1.29, 1.82) is 0 Å². The highest BCUT2D eigenvalue weighted by Gasteiger charge is 2.34. The zero-order valence-corrected chi connectivity index (χ0v) is 18.3. The van der Waals surface area contributed by atoms with Gasteiger partial charge in [-0.05, 0) is 48.1 Å². The molecule has 5 rings (SSSR count). The van der Waals surface area contributed by atoms with Crippen LogP contribution >= 0.6 is 0 Å². The maximum absolute atomic E-state index is 13.5. The van der Waals surface area contributed by atoms with Gasteiger partial charge in [-0.15, -0.1) is 0 Å². The Hall–Kier alpha value is -2.62. The summed E-state index contributed by atoms with van der Waals surface area (Å²) in [6, 6.07) is 5.46. The van der Waals surface area contributed by atoms with Gasteiger partial charge in [0.05, 0.1) is 31.9 Å². The predicted molar refractivity (Wildman–Crippen MR) is 117 cm³/mol. The van der Waals surface area contributed by atoms with E-state index in [-0.39, 0.29) is 23.0 Å². The van der Waals surface area contributed by atoms with Crippen LogP contribution in [0.5, 0.6) is 5.75 Å². The zero-order valence-electron chi connectivity index (χ0n) is 18.3. The van der Waals surface area contributed by atoms with E-state index >= 15 is 0 Å². The first-order valence-corrected chi connectivity index (χ1v) is 11.1. The maximum atomic E-state index is 13.5. The lowest BCUT2D eigenvalue weighted by Crippen LogP contribution is -2.35. The summed E-state index contributed by atoms with van der Waals surface area (Å²) >= 11 is 0. The second-order valence-corrected chi connectivity index (χ2v) is 8.47. The summed E-state index contributed by atoms with van der Waals surface area (Å²) in [5, 5.41) is 3.57. The zero-order chi connectivity index (χ0) is 23.0. The lowest BCUT2D eigenvalue weighted by Gasteiger charge is -2.32. The number of aromatic amines is 1. The summed E-state index contributed by atoms with van der Waals surface area (Å²) in [7, 11) is 1.63. The number of H-pyrrole nitrogens is 1. The van der Waals surface area contributed by atoms with Gasteiger partial charge in [-0.2, -0.15) is 13.2 Å². The van der Waals surface area contributed by atoms with E-state index in [1.165, 1.54) is 0 Å². The molecule has 0 bridgehead atoms. The molecule has 9 heteroatoms. The molecule has 0 saturated carbocycles. The van der Waals surface area contributed by atoms with Crippen LogP contribution in [0.4, 0.5) is 13.2 Å². The van der Waals surface area contributed by atoms with Crippen molar-refractivity contribution < 1.29 is 27.4 Å². The fourth-order valence-electron chi connectivity index (χ4n) is 4.86. The Balaban J connectivity index is 1.65. The highest BCUT2D eigenvalue weighted by Crippen LogP contribution is 2.43. The molecule has 176 valence electrons. The van der Waals surface area contributed by atoms with E-state index in [1.807, 2.05) is 12.1 Å². The molecule has 6 nitrogen and oxygen atoms in total. The Morgan fingerprint density at radius 1 is 1.06 bits per heavy atom. The SMILES string of the molecule is COc1cc(-c2cnc3[nH]cc(C(F)(F)F)c3c2)cc([C@H]2COCCN2)c1C1CCOCC1.